The highest BCUT2D eigenvalue weighted by Gasteiger charge is 2.21. The topological polar surface area (TPSA) is 93.7 Å². The average molecular weight is 442 g/mol. The number of halogens is 1. The van der Waals surface area contributed by atoms with Crippen molar-refractivity contribution in [3.05, 3.63) is 59.9 Å². The molecule has 7 nitrogen and oxygen atoms in total. The van der Waals surface area contributed by atoms with Gasteiger partial charge in [0.1, 0.15) is 17.1 Å². The smallest absolute Gasteiger partial charge is 0.342 e. The van der Waals surface area contributed by atoms with Crippen molar-refractivity contribution in [2.45, 2.75) is 38.6 Å². The lowest BCUT2D eigenvalue weighted by atomic mass is 9.87. The molecule has 0 bridgehead atoms. The number of carbonyl (C=O) groups is 3. The van der Waals surface area contributed by atoms with Gasteiger partial charge >= 0.3 is 5.97 Å². The molecule has 32 heavy (non-hydrogen) atoms. The molecular weight excluding hydrogens is 415 g/mol. The molecule has 0 saturated heterocycles. The Balaban J connectivity index is 1.49. The quantitative estimate of drug-likeness (QED) is 0.608. The second-order valence-corrected chi connectivity index (χ2v) is 7.91. The molecule has 0 spiro atoms. The van der Waals surface area contributed by atoms with Gasteiger partial charge in [0.2, 0.25) is 0 Å². The molecule has 2 amide bonds. The molecule has 1 fully saturated rings. The van der Waals surface area contributed by atoms with Crippen LogP contribution in [0.25, 0.3) is 0 Å². The fourth-order valence-corrected chi connectivity index (χ4v) is 3.54. The van der Waals surface area contributed by atoms with Crippen molar-refractivity contribution in [3.63, 3.8) is 0 Å². The fraction of sp³-hybridized carbons (Fsp3) is 0.375. The van der Waals surface area contributed by atoms with E-state index in [4.69, 9.17) is 9.47 Å². The number of benzene rings is 2. The lowest BCUT2D eigenvalue weighted by molar-refractivity contribution is -0.125. The van der Waals surface area contributed by atoms with Crippen LogP contribution < -0.4 is 15.4 Å². The third-order valence-corrected chi connectivity index (χ3v) is 5.33. The first-order valence-corrected chi connectivity index (χ1v) is 10.6. The predicted molar refractivity (Wildman–Crippen MR) is 117 cm³/mol. The second kappa shape index (κ2) is 11.3. The van der Waals surface area contributed by atoms with E-state index in [2.05, 4.69) is 17.6 Å². The van der Waals surface area contributed by atoms with Gasteiger partial charge in [-0.2, -0.15) is 0 Å². The molecule has 1 aliphatic carbocycles. The first kappa shape index (κ1) is 23.2. The molecular formula is C24H27FN2O5. The third-order valence-electron chi connectivity index (χ3n) is 5.33. The summed E-state index contributed by atoms with van der Waals surface area (Å²) in [4.78, 5) is 36.7. The number of hydrogen-bond donors (Lipinski definition) is 2. The lowest BCUT2D eigenvalue weighted by Crippen LogP contribution is -2.39. The van der Waals surface area contributed by atoms with Crippen LogP contribution in [0.4, 0.5) is 10.1 Å². The normalized spacial score (nSPS) is 17.8. The van der Waals surface area contributed by atoms with E-state index in [1.54, 1.807) is 18.2 Å². The van der Waals surface area contributed by atoms with E-state index >= 15 is 0 Å². The van der Waals surface area contributed by atoms with Crippen molar-refractivity contribution in [3.8, 4) is 5.75 Å². The predicted octanol–water partition coefficient (Wildman–Crippen LogP) is 3.69. The van der Waals surface area contributed by atoms with E-state index in [1.807, 2.05) is 0 Å². The number of ether oxygens (including phenoxy) is 2. The van der Waals surface area contributed by atoms with E-state index in [9.17, 15) is 18.8 Å². The van der Waals surface area contributed by atoms with Gasteiger partial charge < -0.3 is 20.1 Å². The van der Waals surface area contributed by atoms with Crippen molar-refractivity contribution in [1.29, 1.82) is 0 Å². The highest BCUT2D eigenvalue weighted by Crippen LogP contribution is 2.23. The SMILES string of the molecule is CC1CCC(NC(=O)COC(=O)c2ccccc2OCC(=O)Nc2ccccc2F)CC1. The monoisotopic (exact) mass is 442 g/mol. The van der Waals surface area contributed by atoms with Crippen LogP contribution in [0, 0.1) is 11.7 Å². The van der Waals surface area contributed by atoms with E-state index in [-0.39, 0.29) is 28.9 Å². The lowest BCUT2D eigenvalue weighted by Gasteiger charge is -2.26. The number of amides is 2. The number of hydrogen-bond acceptors (Lipinski definition) is 5. The highest BCUT2D eigenvalue weighted by molar-refractivity contribution is 5.95. The van der Waals surface area contributed by atoms with Gasteiger partial charge in [-0.3, -0.25) is 9.59 Å². The van der Waals surface area contributed by atoms with Crippen molar-refractivity contribution in [2.24, 2.45) is 5.92 Å². The zero-order valence-corrected chi connectivity index (χ0v) is 17.9. The van der Waals surface area contributed by atoms with Crippen molar-refractivity contribution < 1.29 is 28.2 Å². The number of carbonyl (C=O) groups excluding carboxylic acids is 3. The first-order valence-electron chi connectivity index (χ1n) is 10.6. The van der Waals surface area contributed by atoms with Gasteiger partial charge in [-0.15, -0.1) is 0 Å². The van der Waals surface area contributed by atoms with E-state index in [1.165, 1.54) is 30.3 Å². The number of anilines is 1. The highest BCUT2D eigenvalue weighted by atomic mass is 19.1. The Morgan fingerprint density at radius 1 is 0.938 bits per heavy atom. The van der Waals surface area contributed by atoms with Gasteiger partial charge in [0.25, 0.3) is 11.8 Å². The van der Waals surface area contributed by atoms with Gasteiger partial charge in [-0.25, -0.2) is 9.18 Å². The van der Waals surface area contributed by atoms with Crippen LogP contribution in [0.2, 0.25) is 0 Å². The zero-order valence-electron chi connectivity index (χ0n) is 17.9. The molecule has 0 aliphatic heterocycles. The third kappa shape index (κ3) is 6.80. The standard InChI is InChI=1S/C24H27FN2O5/c1-16-10-12-17(13-11-16)26-22(28)15-32-24(30)18-6-2-5-9-21(18)31-14-23(29)27-20-8-4-3-7-19(20)25/h2-9,16-17H,10-15H2,1H3,(H,26,28)(H,27,29). The first-order chi connectivity index (χ1) is 15.4. The molecule has 0 aromatic heterocycles. The Morgan fingerprint density at radius 2 is 1.62 bits per heavy atom. The van der Waals surface area contributed by atoms with Crippen molar-refractivity contribution in [1.82, 2.24) is 5.32 Å². The summed E-state index contributed by atoms with van der Waals surface area (Å²) >= 11 is 0. The summed E-state index contributed by atoms with van der Waals surface area (Å²) in [5.74, 6) is -1.43. The largest absolute Gasteiger partial charge is 0.483 e. The maximum Gasteiger partial charge on any atom is 0.342 e. The minimum Gasteiger partial charge on any atom is -0.483 e. The zero-order chi connectivity index (χ0) is 22.9. The van der Waals surface area contributed by atoms with E-state index < -0.39 is 30.9 Å². The summed E-state index contributed by atoms with van der Waals surface area (Å²) in [7, 11) is 0. The van der Waals surface area contributed by atoms with Gasteiger partial charge in [0.15, 0.2) is 13.2 Å². The maximum atomic E-state index is 13.6. The van der Waals surface area contributed by atoms with Gasteiger partial charge in [0.05, 0.1) is 5.69 Å². The summed E-state index contributed by atoms with van der Waals surface area (Å²) < 4.78 is 24.2. The van der Waals surface area contributed by atoms with Crippen LogP contribution in [0.5, 0.6) is 5.75 Å². The van der Waals surface area contributed by atoms with Crippen molar-refractivity contribution >= 4 is 23.5 Å². The Labute approximate surface area is 186 Å². The summed E-state index contributed by atoms with van der Waals surface area (Å²) in [5.41, 5.74) is 0.123. The Hall–Kier alpha value is -3.42. The molecule has 0 radical (unpaired) electrons. The number of nitrogens with one attached hydrogen (secondary N) is 2. The van der Waals surface area contributed by atoms with Gasteiger partial charge in [0, 0.05) is 6.04 Å². The number of rotatable bonds is 8. The van der Waals surface area contributed by atoms with Gasteiger partial charge in [-0.1, -0.05) is 31.2 Å². The fourth-order valence-electron chi connectivity index (χ4n) is 3.54. The molecule has 0 atom stereocenters. The minimum absolute atomic E-state index is 0.0345. The molecule has 2 aromatic carbocycles. The number of para-hydroxylation sites is 2. The molecule has 0 unspecified atom stereocenters. The van der Waals surface area contributed by atoms with E-state index in [0.717, 1.165) is 25.7 Å². The Morgan fingerprint density at radius 3 is 2.38 bits per heavy atom. The molecule has 2 N–H and O–H groups in total. The summed E-state index contributed by atoms with van der Waals surface area (Å²) in [6.07, 6.45) is 3.98. The summed E-state index contributed by atoms with van der Waals surface area (Å²) in [5, 5.41) is 5.30. The van der Waals surface area contributed by atoms with Crippen molar-refractivity contribution in [2.75, 3.05) is 18.5 Å². The van der Waals surface area contributed by atoms with Crippen LogP contribution in [0.15, 0.2) is 48.5 Å². The molecule has 1 aliphatic rings. The summed E-state index contributed by atoms with van der Waals surface area (Å²) in [6, 6.07) is 12.1. The molecule has 1 saturated carbocycles. The average Bonchev–Trinajstić information content (AvgIpc) is 2.79. The maximum absolute atomic E-state index is 13.6. The van der Waals surface area contributed by atoms with Crippen LogP contribution in [0.3, 0.4) is 0 Å². The van der Waals surface area contributed by atoms with Crippen LogP contribution >= 0.6 is 0 Å². The molecule has 8 heteroatoms. The Bertz CT molecular complexity index is 957. The molecule has 2 aromatic rings. The van der Waals surface area contributed by atoms with Crippen LogP contribution in [0.1, 0.15) is 43.0 Å². The molecule has 0 heterocycles. The molecule has 170 valence electrons. The number of esters is 1. The Kier molecular flexibility index (Phi) is 8.19. The minimum atomic E-state index is -0.734. The molecule has 3 rings (SSSR count). The van der Waals surface area contributed by atoms with Gasteiger partial charge in [-0.05, 0) is 55.9 Å². The van der Waals surface area contributed by atoms with Crippen LogP contribution in [-0.2, 0) is 14.3 Å². The summed E-state index contributed by atoms with van der Waals surface area (Å²) in [6.45, 7) is 1.37. The van der Waals surface area contributed by atoms with E-state index in [0.29, 0.717) is 5.92 Å². The van der Waals surface area contributed by atoms with Crippen LogP contribution in [-0.4, -0.2) is 37.0 Å². The second-order valence-electron chi connectivity index (χ2n) is 7.91.